The zero-order valence-corrected chi connectivity index (χ0v) is 10.4. The fourth-order valence-electron chi connectivity index (χ4n) is 2.31. The monoisotopic (exact) mass is 293 g/mol. The van der Waals surface area contributed by atoms with Gasteiger partial charge in [-0.05, 0) is 24.3 Å². The van der Waals surface area contributed by atoms with Gasteiger partial charge in [-0.15, -0.1) is 0 Å². The number of rotatable bonds is 2. The van der Waals surface area contributed by atoms with Crippen LogP contribution in [-0.4, -0.2) is 11.3 Å². The Morgan fingerprint density at radius 1 is 0.857 bits per heavy atom. The Morgan fingerprint density at radius 3 is 2.10 bits per heavy atom. The van der Waals surface area contributed by atoms with Gasteiger partial charge in [-0.3, -0.25) is 4.79 Å². The summed E-state index contributed by atoms with van der Waals surface area (Å²) in [7, 11) is 0. The van der Waals surface area contributed by atoms with Crippen molar-refractivity contribution in [1.29, 1.82) is 0 Å². The smallest absolute Gasteiger partial charge is 0.152 e. The predicted octanol–water partition coefficient (Wildman–Crippen LogP) is 4.20. The molecule has 21 heavy (non-hydrogen) atoms. The summed E-state index contributed by atoms with van der Waals surface area (Å²) >= 11 is 0. The van der Waals surface area contributed by atoms with Crippen molar-refractivity contribution in [2.45, 2.75) is 0 Å². The number of nitrogens with one attached hydrogen (secondary N) is 1. The lowest BCUT2D eigenvalue weighted by Gasteiger charge is -2.03. The lowest BCUT2D eigenvalue weighted by molar-refractivity contribution is 0.112. The van der Waals surface area contributed by atoms with Gasteiger partial charge in [-0.25, -0.2) is 17.6 Å². The Bertz CT molecular complexity index is 849. The molecular formula is C15H7F4NO. The van der Waals surface area contributed by atoms with Gasteiger partial charge in [0.2, 0.25) is 0 Å². The van der Waals surface area contributed by atoms with Gasteiger partial charge < -0.3 is 4.98 Å². The molecule has 0 saturated carbocycles. The Hall–Kier alpha value is -2.63. The zero-order valence-electron chi connectivity index (χ0n) is 10.4. The van der Waals surface area contributed by atoms with Gasteiger partial charge in [0.15, 0.2) is 6.29 Å². The van der Waals surface area contributed by atoms with E-state index in [2.05, 4.69) is 4.98 Å². The van der Waals surface area contributed by atoms with Gasteiger partial charge in [0.05, 0.1) is 22.3 Å². The largest absolute Gasteiger partial charge is 0.351 e. The first kappa shape index (κ1) is 13.4. The Kier molecular flexibility index (Phi) is 3.01. The summed E-state index contributed by atoms with van der Waals surface area (Å²) in [6.07, 6.45) is 0.239. The third kappa shape index (κ3) is 1.91. The molecule has 1 heterocycles. The first-order chi connectivity index (χ1) is 10.0. The highest BCUT2D eigenvalue weighted by atomic mass is 19.1. The van der Waals surface area contributed by atoms with Crippen molar-refractivity contribution in [1.82, 2.24) is 4.98 Å². The molecule has 1 N–H and O–H groups in total. The molecule has 0 spiro atoms. The van der Waals surface area contributed by atoms with Gasteiger partial charge in [0.1, 0.15) is 23.3 Å². The maximum absolute atomic E-state index is 13.8. The van der Waals surface area contributed by atoms with Crippen molar-refractivity contribution in [3.63, 3.8) is 0 Å². The van der Waals surface area contributed by atoms with E-state index < -0.39 is 28.8 Å². The molecular weight excluding hydrogens is 286 g/mol. The average molecular weight is 293 g/mol. The third-order valence-corrected chi connectivity index (χ3v) is 3.22. The molecule has 2 nitrogen and oxygen atoms in total. The fourth-order valence-corrected chi connectivity index (χ4v) is 2.31. The topological polar surface area (TPSA) is 32.9 Å². The summed E-state index contributed by atoms with van der Waals surface area (Å²) in [5.74, 6) is -3.55. The SMILES string of the molecule is O=Cc1c(-c2c(F)cccc2F)[nH]c2c(F)ccc(F)c12. The molecule has 0 aliphatic carbocycles. The van der Waals surface area contributed by atoms with Crippen molar-refractivity contribution in [3.05, 3.63) is 59.2 Å². The number of fused-ring (bicyclic) bond motifs is 1. The van der Waals surface area contributed by atoms with Crippen LogP contribution in [0.1, 0.15) is 10.4 Å². The molecule has 1 aromatic heterocycles. The standard InChI is InChI=1S/C15H7F4NO/c16-8-2-1-3-9(17)13(8)14-7(6-21)12-10(18)4-5-11(19)15(12)20-14/h1-6,20H. The Balaban J connectivity index is 2.47. The van der Waals surface area contributed by atoms with E-state index in [1.807, 2.05) is 0 Å². The number of H-pyrrole nitrogens is 1. The molecule has 106 valence electrons. The summed E-state index contributed by atoms with van der Waals surface area (Å²) < 4.78 is 55.2. The lowest BCUT2D eigenvalue weighted by Crippen LogP contribution is -1.93. The van der Waals surface area contributed by atoms with Crippen molar-refractivity contribution in [2.75, 3.05) is 0 Å². The van der Waals surface area contributed by atoms with E-state index >= 15 is 0 Å². The summed E-state index contributed by atoms with van der Waals surface area (Å²) in [6.45, 7) is 0. The molecule has 3 rings (SSSR count). The molecule has 0 bridgehead atoms. The van der Waals surface area contributed by atoms with E-state index in [0.717, 1.165) is 30.3 Å². The van der Waals surface area contributed by atoms with E-state index in [0.29, 0.717) is 0 Å². The van der Waals surface area contributed by atoms with Gasteiger partial charge in [0.25, 0.3) is 0 Å². The second-order valence-electron chi connectivity index (χ2n) is 4.41. The van der Waals surface area contributed by atoms with Gasteiger partial charge in [-0.1, -0.05) is 6.07 Å². The van der Waals surface area contributed by atoms with Crippen molar-refractivity contribution >= 4 is 17.2 Å². The van der Waals surface area contributed by atoms with E-state index in [9.17, 15) is 22.4 Å². The van der Waals surface area contributed by atoms with Crippen LogP contribution in [0.15, 0.2) is 30.3 Å². The molecule has 0 fully saturated rings. The van der Waals surface area contributed by atoms with Crippen LogP contribution in [0.2, 0.25) is 0 Å². The molecule has 0 saturated heterocycles. The number of benzene rings is 2. The zero-order chi connectivity index (χ0) is 15.1. The number of hydrogen-bond acceptors (Lipinski definition) is 1. The number of aldehydes is 1. The molecule has 0 aliphatic heterocycles. The van der Waals surface area contributed by atoms with Gasteiger partial charge >= 0.3 is 0 Å². The number of carbonyl (C=O) groups excluding carboxylic acids is 1. The molecule has 6 heteroatoms. The van der Waals surface area contributed by atoms with E-state index in [4.69, 9.17) is 0 Å². The number of aromatic nitrogens is 1. The number of hydrogen-bond donors (Lipinski definition) is 1. The number of halogens is 4. The Morgan fingerprint density at radius 2 is 1.48 bits per heavy atom. The predicted molar refractivity (Wildman–Crippen MR) is 69.0 cm³/mol. The normalized spacial score (nSPS) is 11.0. The minimum Gasteiger partial charge on any atom is -0.351 e. The van der Waals surface area contributed by atoms with Crippen LogP contribution in [0.3, 0.4) is 0 Å². The van der Waals surface area contributed by atoms with Crippen molar-refractivity contribution < 1.29 is 22.4 Å². The number of carbonyl (C=O) groups is 1. The van der Waals surface area contributed by atoms with Crippen LogP contribution >= 0.6 is 0 Å². The Labute approximate surface area is 116 Å². The third-order valence-electron chi connectivity index (χ3n) is 3.22. The molecule has 0 amide bonds. The molecule has 0 atom stereocenters. The lowest BCUT2D eigenvalue weighted by atomic mass is 10.0. The first-order valence-electron chi connectivity index (χ1n) is 5.94. The molecule has 3 aromatic rings. The van der Waals surface area contributed by atoms with Crippen LogP contribution < -0.4 is 0 Å². The number of aromatic amines is 1. The van der Waals surface area contributed by atoms with E-state index in [1.54, 1.807) is 0 Å². The quantitative estimate of drug-likeness (QED) is 0.557. The molecule has 0 unspecified atom stereocenters. The highest BCUT2D eigenvalue weighted by molar-refractivity contribution is 6.04. The first-order valence-corrected chi connectivity index (χ1v) is 5.94. The minimum atomic E-state index is -0.939. The van der Waals surface area contributed by atoms with Crippen LogP contribution in [0.25, 0.3) is 22.2 Å². The van der Waals surface area contributed by atoms with Gasteiger partial charge in [-0.2, -0.15) is 0 Å². The van der Waals surface area contributed by atoms with Gasteiger partial charge in [0, 0.05) is 5.39 Å². The van der Waals surface area contributed by atoms with Crippen LogP contribution in [0, 0.1) is 23.3 Å². The molecule has 0 radical (unpaired) electrons. The van der Waals surface area contributed by atoms with Crippen LogP contribution in [0.5, 0.6) is 0 Å². The summed E-state index contributed by atoms with van der Waals surface area (Å²) in [4.78, 5) is 13.6. The second-order valence-corrected chi connectivity index (χ2v) is 4.41. The maximum Gasteiger partial charge on any atom is 0.152 e. The molecule has 2 aromatic carbocycles. The van der Waals surface area contributed by atoms with Crippen LogP contribution in [0.4, 0.5) is 17.6 Å². The van der Waals surface area contributed by atoms with Crippen molar-refractivity contribution in [2.24, 2.45) is 0 Å². The average Bonchev–Trinajstić information content (AvgIpc) is 2.83. The van der Waals surface area contributed by atoms with E-state index in [1.165, 1.54) is 0 Å². The minimum absolute atomic E-state index is 0.239. The summed E-state index contributed by atoms with van der Waals surface area (Å²) in [6, 6.07) is 4.85. The van der Waals surface area contributed by atoms with E-state index in [-0.39, 0.29) is 28.4 Å². The maximum atomic E-state index is 13.8. The second kappa shape index (κ2) is 4.73. The molecule has 0 aliphatic rings. The highest BCUT2D eigenvalue weighted by Crippen LogP contribution is 2.34. The summed E-state index contributed by atoms with van der Waals surface area (Å²) in [5, 5.41) is -0.331. The van der Waals surface area contributed by atoms with Crippen molar-refractivity contribution in [3.8, 4) is 11.3 Å². The fraction of sp³-hybridized carbons (Fsp3) is 0. The van der Waals surface area contributed by atoms with Crippen LogP contribution in [-0.2, 0) is 0 Å². The highest BCUT2D eigenvalue weighted by Gasteiger charge is 2.22. The summed E-state index contributed by atoms with van der Waals surface area (Å²) in [5.41, 5.74) is -1.46.